The van der Waals surface area contributed by atoms with Crippen LogP contribution < -0.4 is 19.5 Å². The van der Waals surface area contributed by atoms with Gasteiger partial charge in [-0.2, -0.15) is 8.78 Å². The second kappa shape index (κ2) is 10.4. The number of hydrogen-bond acceptors (Lipinski definition) is 4. The molecule has 0 atom stereocenters. The molecule has 0 aromatic heterocycles. The number of nitrogens with one attached hydrogen (secondary N) is 1. The Morgan fingerprint density at radius 1 is 1.11 bits per heavy atom. The Kier molecular flexibility index (Phi) is 7.85. The molecule has 0 radical (unpaired) electrons. The molecule has 0 unspecified atom stereocenters. The predicted molar refractivity (Wildman–Crippen MR) is 97.6 cm³/mol. The highest BCUT2D eigenvalue weighted by Gasteiger charge is 2.11. The number of carbonyl (C=O) groups excluding carboxylic acids is 1. The van der Waals surface area contributed by atoms with E-state index in [9.17, 15) is 13.6 Å². The Labute approximate surface area is 157 Å². The Hall–Kier alpha value is -2.83. The molecule has 0 heterocycles. The highest BCUT2D eigenvalue weighted by Crippen LogP contribution is 2.29. The van der Waals surface area contributed by atoms with Crippen molar-refractivity contribution in [3.05, 3.63) is 53.6 Å². The molecule has 0 spiro atoms. The Morgan fingerprint density at radius 3 is 2.59 bits per heavy atom. The topological polar surface area (TPSA) is 56.8 Å². The van der Waals surface area contributed by atoms with Gasteiger partial charge in [0.15, 0.2) is 11.5 Å². The molecule has 1 N–H and O–H groups in total. The van der Waals surface area contributed by atoms with Crippen LogP contribution in [0.15, 0.2) is 42.5 Å². The van der Waals surface area contributed by atoms with Crippen molar-refractivity contribution in [2.24, 2.45) is 0 Å². The van der Waals surface area contributed by atoms with Crippen LogP contribution in [0, 0.1) is 6.92 Å². The summed E-state index contributed by atoms with van der Waals surface area (Å²) in [6, 6.07) is 12.3. The molecular weight excluding hydrogens is 356 g/mol. The first-order chi connectivity index (χ1) is 13.0. The summed E-state index contributed by atoms with van der Waals surface area (Å²) in [6.07, 6.45) is 0.786. The van der Waals surface area contributed by atoms with E-state index < -0.39 is 6.61 Å². The van der Waals surface area contributed by atoms with Crippen molar-refractivity contribution in [1.29, 1.82) is 0 Å². The summed E-state index contributed by atoms with van der Waals surface area (Å²) in [5.41, 5.74) is 1.86. The summed E-state index contributed by atoms with van der Waals surface area (Å²) in [6.45, 7) is -0.252. The lowest BCUT2D eigenvalue weighted by Crippen LogP contribution is -2.27. The number of benzene rings is 2. The van der Waals surface area contributed by atoms with E-state index in [1.54, 1.807) is 12.1 Å². The molecule has 0 aliphatic rings. The van der Waals surface area contributed by atoms with E-state index in [0.29, 0.717) is 19.6 Å². The first kappa shape index (κ1) is 20.5. The molecule has 27 heavy (non-hydrogen) atoms. The summed E-state index contributed by atoms with van der Waals surface area (Å²) in [5, 5.41) is 2.81. The summed E-state index contributed by atoms with van der Waals surface area (Å²) in [7, 11) is 1.38. The van der Waals surface area contributed by atoms with Crippen LogP contribution in [0.4, 0.5) is 8.78 Å². The van der Waals surface area contributed by atoms with Gasteiger partial charge in [0.05, 0.1) is 20.1 Å². The minimum absolute atomic E-state index is 0.0198. The largest absolute Gasteiger partial charge is 0.493 e. The van der Waals surface area contributed by atoms with Crippen LogP contribution in [-0.4, -0.2) is 32.8 Å². The van der Waals surface area contributed by atoms with Gasteiger partial charge in [-0.3, -0.25) is 4.79 Å². The number of ether oxygens (including phenoxy) is 3. The maximum absolute atomic E-state index is 12.3. The fraction of sp³-hybridized carbons (Fsp3) is 0.350. The summed E-state index contributed by atoms with van der Waals surface area (Å²) >= 11 is 0. The molecule has 0 aliphatic carbocycles. The fourth-order valence-electron chi connectivity index (χ4n) is 2.47. The summed E-state index contributed by atoms with van der Waals surface area (Å²) < 4.78 is 39.7. The third-order valence-corrected chi connectivity index (χ3v) is 3.86. The van der Waals surface area contributed by atoms with Gasteiger partial charge in [-0.05, 0) is 42.7 Å². The number of hydrogen-bond donors (Lipinski definition) is 1. The minimum atomic E-state index is -2.91. The SMILES string of the molecule is COc1cc(CCNC(=O)CCOc2ccccc2C)ccc1OC(F)F. The Balaban J connectivity index is 1.73. The molecule has 2 rings (SSSR count). The van der Waals surface area contributed by atoms with Crippen molar-refractivity contribution in [2.45, 2.75) is 26.4 Å². The van der Waals surface area contributed by atoms with Crippen molar-refractivity contribution in [2.75, 3.05) is 20.3 Å². The molecule has 0 saturated heterocycles. The number of para-hydroxylation sites is 1. The number of carbonyl (C=O) groups is 1. The van der Waals surface area contributed by atoms with Gasteiger partial charge in [0, 0.05) is 6.54 Å². The predicted octanol–water partition coefficient (Wildman–Crippen LogP) is 3.73. The number of aryl methyl sites for hydroxylation is 1. The number of amides is 1. The zero-order valence-electron chi connectivity index (χ0n) is 15.3. The van der Waals surface area contributed by atoms with Crippen LogP contribution >= 0.6 is 0 Å². The first-order valence-corrected chi connectivity index (χ1v) is 8.56. The highest BCUT2D eigenvalue weighted by atomic mass is 19.3. The third-order valence-electron chi connectivity index (χ3n) is 3.86. The monoisotopic (exact) mass is 379 g/mol. The molecule has 1 amide bonds. The lowest BCUT2D eigenvalue weighted by Gasteiger charge is -2.12. The van der Waals surface area contributed by atoms with Gasteiger partial charge in [0.25, 0.3) is 0 Å². The van der Waals surface area contributed by atoms with E-state index in [-0.39, 0.29) is 23.8 Å². The molecule has 0 saturated carbocycles. The van der Waals surface area contributed by atoms with Gasteiger partial charge >= 0.3 is 6.61 Å². The normalized spacial score (nSPS) is 10.6. The fourth-order valence-corrected chi connectivity index (χ4v) is 2.47. The zero-order chi connectivity index (χ0) is 19.6. The van der Waals surface area contributed by atoms with Crippen LogP contribution in [0.3, 0.4) is 0 Å². The number of halogens is 2. The molecular formula is C20H23F2NO4. The summed E-state index contributed by atoms with van der Waals surface area (Å²) in [5.74, 6) is 0.858. The average molecular weight is 379 g/mol. The van der Waals surface area contributed by atoms with Crippen molar-refractivity contribution in [3.8, 4) is 17.2 Å². The van der Waals surface area contributed by atoms with Gasteiger partial charge in [-0.25, -0.2) is 0 Å². The van der Waals surface area contributed by atoms with Crippen molar-refractivity contribution < 1.29 is 27.8 Å². The molecule has 0 bridgehead atoms. The van der Waals surface area contributed by atoms with Crippen LogP contribution in [-0.2, 0) is 11.2 Å². The van der Waals surface area contributed by atoms with E-state index in [1.807, 2.05) is 31.2 Å². The molecule has 5 nitrogen and oxygen atoms in total. The molecule has 0 fully saturated rings. The van der Waals surface area contributed by atoms with E-state index in [4.69, 9.17) is 9.47 Å². The number of alkyl halides is 2. The van der Waals surface area contributed by atoms with Gasteiger partial charge in [0.1, 0.15) is 5.75 Å². The van der Waals surface area contributed by atoms with Crippen LogP contribution in [0.25, 0.3) is 0 Å². The minimum Gasteiger partial charge on any atom is -0.493 e. The average Bonchev–Trinajstić information content (AvgIpc) is 2.64. The van der Waals surface area contributed by atoms with Gasteiger partial charge < -0.3 is 19.5 Å². The lowest BCUT2D eigenvalue weighted by molar-refractivity contribution is -0.121. The second-order valence-electron chi connectivity index (χ2n) is 5.83. The third kappa shape index (κ3) is 6.77. The van der Waals surface area contributed by atoms with E-state index in [2.05, 4.69) is 10.1 Å². The molecule has 0 aliphatic heterocycles. The Morgan fingerprint density at radius 2 is 1.89 bits per heavy atom. The van der Waals surface area contributed by atoms with Gasteiger partial charge in [-0.1, -0.05) is 24.3 Å². The first-order valence-electron chi connectivity index (χ1n) is 8.56. The molecule has 2 aromatic rings. The van der Waals surface area contributed by atoms with Gasteiger partial charge in [0.2, 0.25) is 5.91 Å². The van der Waals surface area contributed by atoms with Crippen molar-refractivity contribution in [3.63, 3.8) is 0 Å². The molecule has 7 heteroatoms. The smallest absolute Gasteiger partial charge is 0.387 e. The maximum Gasteiger partial charge on any atom is 0.387 e. The standard InChI is InChI=1S/C20H23F2NO4/c1-14-5-3-4-6-16(14)26-12-10-19(24)23-11-9-15-7-8-17(27-20(21)22)18(13-15)25-2/h3-8,13,20H,9-12H2,1-2H3,(H,23,24). The maximum atomic E-state index is 12.3. The second-order valence-corrected chi connectivity index (χ2v) is 5.83. The van der Waals surface area contributed by atoms with Crippen LogP contribution in [0.2, 0.25) is 0 Å². The van der Waals surface area contributed by atoms with Gasteiger partial charge in [-0.15, -0.1) is 0 Å². The lowest BCUT2D eigenvalue weighted by atomic mass is 10.1. The zero-order valence-corrected chi connectivity index (χ0v) is 15.3. The highest BCUT2D eigenvalue weighted by molar-refractivity contribution is 5.76. The van der Waals surface area contributed by atoms with E-state index in [0.717, 1.165) is 16.9 Å². The molecule has 146 valence electrons. The quantitative estimate of drug-likeness (QED) is 0.683. The number of rotatable bonds is 10. The molecule has 2 aromatic carbocycles. The van der Waals surface area contributed by atoms with Crippen LogP contribution in [0.1, 0.15) is 17.5 Å². The van der Waals surface area contributed by atoms with Crippen molar-refractivity contribution in [1.82, 2.24) is 5.32 Å². The van der Waals surface area contributed by atoms with Crippen LogP contribution in [0.5, 0.6) is 17.2 Å². The number of methoxy groups -OCH3 is 1. The van der Waals surface area contributed by atoms with Crippen molar-refractivity contribution >= 4 is 5.91 Å². The summed E-state index contributed by atoms with van der Waals surface area (Å²) in [4.78, 5) is 11.9. The van der Waals surface area contributed by atoms with E-state index in [1.165, 1.54) is 13.2 Å². The van der Waals surface area contributed by atoms with E-state index >= 15 is 0 Å². The Bertz CT molecular complexity index is 753.